The molecule has 1 heterocycles. The number of aromatic nitrogens is 1. The molecule has 9 nitrogen and oxygen atoms in total. The molecule has 2 amide bonds. The molecule has 232 valence electrons. The van der Waals surface area contributed by atoms with Gasteiger partial charge in [-0.2, -0.15) is 0 Å². The molecule has 45 heavy (non-hydrogen) atoms. The number of amides is 2. The van der Waals surface area contributed by atoms with Gasteiger partial charge in [0.1, 0.15) is 29.3 Å². The van der Waals surface area contributed by atoms with Crippen LogP contribution in [0.5, 0.6) is 23.0 Å². The fraction of sp³-hybridized carbons (Fsp3) is 0.200. The van der Waals surface area contributed by atoms with Gasteiger partial charge in [-0.25, -0.2) is 9.78 Å². The number of anilines is 4. The zero-order valence-electron chi connectivity index (χ0n) is 26.1. The summed E-state index contributed by atoms with van der Waals surface area (Å²) in [5, 5.41) is 10.7. The first-order valence-corrected chi connectivity index (χ1v) is 15.8. The number of hydrogen-bond acceptors (Lipinski definition) is 7. The number of fused-ring (bicyclic) bond motifs is 1. The van der Waals surface area contributed by atoms with Crippen LogP contribution in [-0.2, 0) is 16.6 Å². The highest BCUT2D eigenvalue weighted by Gasteiger charge is 2.25. The van der Waals surface area contributed by atoms with E-state index in [4.69, 9.17) is 14.2 Å². The van der Waals surface area contributed by atoms with Crippen LogP contribution in [0, 0.1) is 0 Å². The molecule has 0 aliphatic heterocycles. The Bertz CT molecular complexity index is 1840. The Morgan fingerprint density at radius 2 is 1.58 bits per heavy atom. The van der Waals surface area contributed by atoms with Crippen molar-refractivity contribution in [3.63, 3.8) is 0 Å². The minimum atomic E-state index is -1.32. The number of urea groups is 1. The number of hydrogen-bond donors (Lipinski definition) is 3. The van der Waals surface area contributed by atoms with Crippen LogP contribution in [0.3, 0.4) is 0 Å². The Balaban J connectivity index is 1.38. The monoisotopic (exact) mass is 624 g/mol. The van der Waals surface area contributed by atoms with Crippen molar-refractivity contribution in [3.8, 4) is 23.0 Å². The van der Waals surface area contributed by atoms with Crippen molar-refractivity contribution in [1.29, 1.82) is 0 Å². The number of nitrogens with one attached hydrogen (secondary N) is 3. The highest BCUT2D eigenvalue weighted by molar-refractivity contribution is 7.90. The summed E-state index contributed by atoms with van der Waals surface area (Å²) in [6, 6.07) is 25.7. The second kappa shape index (κ2) is 13.4. The lowest BCUT2D eigenvalue weighted by molar-refractivity contribution is 0.262. The van der Waals surface area contributed by atoms with E-state index in [1.54, 1.807) is 31.7 Å². The average Bonchev–Trinajstić information content (AvgIpc) is 3.01. The Hall–Kier alpha value is -4.93. The molecule has 0 radical (unpaired) electrons. The third-order valence-corrected chi connectivity index (χ3v) is 8.04. The van der Waals surface area contributed by atoms with Gasteiger partial charge in [-0.15, -0.1) is 0 Å². The fourth-order valence-corrected chi connectivity index (χ4v) is 5.56. The summed E-state index contributed by atoms with van der Waals surface area (Å²) in [5.74, 6) is 2.92. The second-order valence-corrected chi connectivity index (χ2v) is 12.7. The van der Waals surface area contributed by atoms with Gasteiger partial charge in [0.15, 0.2) is 10.6 Å². The minimum absolute atomic E-state index is 0.236. The lowest BCUT2D eigenvalue weighted by atomic mass is 9.86. The highest BCUT2D eigenvalue weighted by atomic mass is 32.2. The van der Waals surface area contributed by atoms with Crippen LogP contribution in [0.25, 0.3) is 10.8 Å². The molecule has 5 rings (SSSR count). The normalized spacial score (nSPS) is 11.9. The van der Waals surface area contributed by atoms with Crippen LogP contribution < -0.4 is 30.2 Å². The third kappa shape index (κ3) is 7.42. The van der Waals surface area contributed by atoms with E-state index in [2.05, 4.69) is 41.7 Å². The maximum absolute atomic E-state index is 13.3. The summed E-state index contributed by atoms with van der Waals surface area (Å²) in [6.07, 6.45) is 3.26. The van der Waals surface area contributed by atoms with Crippen LogP contribution in [0.1, 0.15) is 26.3 Å². The van der Waals surface area contributed by atoms with Crippen molar-refractivity contribution in [2.45, 2.75) is 31.1 Å². The Kier molecular flexibility index (Phi) is 9.36. The molecule has 4 aromatic carbocycles. The quantitative estimate of drug-likeness (QED) is 0.141. The number of nitrogens with zero attached hydrogens (tertiary/aromatic N) is 1. The molecular weight excluding hydrogens is 588 g/mol. The number of carbonyl (C=O) groups excluding carboxylic acids is 1. The SMILES string of the molecule is COc1cccc(Nc2cc(Oc3ccc(NC(=O)Nc4cc(C(C)(C)C)cc([S+](C)[O-])c4OC)c4ccccc34)ccn2)c1. The van der Waals surface area contributed by atoms with Gasteiger partial charge in [0, 0.05) is 40.9 Å². The first kappa shape index (κ1) is 31.5. The molecule has 0 aliphatic rings. The van der Waals surface area contributed by atoms with Crippen LogP contribution in [0.2, 0.25) is 0 Å². The number of rotatable bonds is 9. The van der Waals surface area contributed by atoms with Crippen molar-refractivity contribution in [2.24, 2.45) is 0 Å². The predicted octanol–water partition coefficient (Wildman–Crippen LogP) is 8.47. The maximum atomic E-state index is 13.3. The predicted molar refractivity (Wildman–Crippen MR) is 181 cm³/mol. The molecule has 0 saturated carbocycles. The molecule has 10 heteroatoms. The van der Waals surface area contributed by atoms with Gasteiger partial charge in [-0.05, 0) is 58.6 Å². The number of ether oxygens (including phenoxy) is 3. The van der Waals surface area contributed by atoms with Crippen molar-refractivity contribution in [1.82, 2.24) is 4.98 Å². The van der Waals surface area contributed by atoms with Gasteiger partial charge in [0.05, 0.1) is 25.6 Å². The summed E-state index contributed by atoms with van der Waals surface area (Å²) >= 11 is -1.32. The smallest absolute Gasteiger partial charge is 0.323 e. The summed E-state index contributed by atoms with van der Waals surface area (Å²) in [6.45, 7) is 6.17. The van der Waals surface area contributed by atoms with Crippen LogP contribution in [-0.4, -0.2) is 36.0 Å². The molecule has 5 aromatic rings. The van der Waals surface area contributed by atoms with Crippen LogP contribution in [0.15, 0.2) is 96.0 Å². The molecular formula is C35H36N4O5S. The minimum Gasteiger partial charge on any atom is -0.612 e. The number of methoxy groups -OCH3 is 2. The molecule has 1 atom stereocenters. The highest BCUT2D eigenvalue weighted by Crippen LogP contribution is 2.39. The molecule has 3 N–H and O–H groups in total. The maximum Gasteiger partial charge on any atom is 0.323 e. The molecule has 0 saturated heterocycles. The van der Waals surface area contributed by atoms with Crippen molar-refractivity contribution in [2.75, 3.05) is 36.4 Å². The molecule has 1 aromatic heterocycles. The van der Waals surface area contributed by atoms with Crippen molar-refractivity contribution < 1.29 is 23.6 Å². The van der Waals surface area contributed by atoms with E-state index in [1.807, 2.05) is 72.8 Å². The van der Waals surface area contributed by atoms with Gasteiger partial charge >= 0.3 is 6.03 Å². The molecule has 0 spiro atoms. The van der Waals surface area contributed by atoms with Crippen LogP contribution in [0.4, 0.5) is 27.7 Å². The Morgan fingerprint density at radius 1 is 0.822 bits per heavy atom. The van der Waals surface area contributed by atoms with Gasteiger partial charge in [-0.3, -0.25) is 0 Å². The van der Waals surface area contributed by atoms with E-state index in [0.29, 0.717) is 39.3 Å². The lowest BCUT2D eigenvalue weighted by Crippen LogP contribution is -2.22. The van der Waals surface area contributed by atoms with E-state index in [1.165, 1.54) is 7.11 Å². The van der Waals surface area contributed by atoms with E-state index >= 15 is 0 Å². The second-order valence-electron chi connectivity index (χ2n) is 11.3. The van der Waals surface area contributed by atoms with E-state index in [9.17, 15) is 9.35 Å². The van der Waals surface area contributed by atoms with Gasteiger partial charge < -0.3 is 34.7 Å². The van der Waals surface area contributed by atoms with E-state index < -0.39 is 17.2 Å². The standard InChI is InChI=1S/C35H36N4O5S/c1-35(2,3)22-18-29(33(43-5)31(19-22)45(6)41)39-34(40)38-28-14-15-30(27-13-8-7-12-26(27)28)44-25-16-17-36-32(21-25)37-23-10-9-11-24(20-23)42-4/h7-21H,1-6H3,(H,36,37)(H2,38,39,40). The zero-order valence-corrected chi connectivity index (χ0v) is 26.9. The number of benzene rings is 4. The van der Waals surface area contributed by atoms with E-state index in [0.717, 1.165) is 27.8 Å². The van der Waals surface area contributed by atoms with Crippen molar-refractivity contribution in [3.05, 3.63) is 96.7 Å². The number of carbonyl (C=O) groups is 1. The Morgan fingerprint density at radius 3 is 2.29 bits per heavy atom. The summed E-state index contributed by atoms with van der Waals surface area (Å²) in [4.78, 5) is 18.3. The fourth-order valence-electron chi connectivity index (χ4n) is 4.82. The van der Waals surface area contributed by atoms with Crippen molar-refractivity contribution >= 4 is 50.9 Å². The first-order chi connectivity index (χ1) is 21.5. The zero-order chi connectivity index (χ0) is 32.1. The average molecular weight is 625 g/mol. The first-order valence-electron chi connectivity index (χ1n) is 14.3. The molecule has 0 fully saturated rings. The van der Waals surface area contributed by atoms with Gasteiger partial charge in [-0.1, -0.05) is 51.1 Å². The Labute approximate surface area is 266 Å². The largest absolute Gasteiger partial charge is 0.612 e. The third-order valence-electron chi connectivity index (χ3n) is 7.12. The summed E-state index contributed by atoms with van der Waals surface area (Å²) in [7, 11) is 3.12. The van der Waals surface area contributed by atoms with Crippen LogP contribution >= 0.6 is 0 Å². The number of pyridine rings is 1. The molecule has 1 unspecified atom stereocenters. The molecule has 0 aliphatic carbocycles. The van der Waals surface area contributed by atoms with E-state index in [-0.39, 0.29) is 5.41 Å². The summed E-state index contributed by atoms with van der Waals surface area (Å²) in [5.41, 5.74) is 2.55. The summed E-state index contributed by atoms with van der Waals surface area (Å²) < 4.78 is 29.7. The topological polar surface area (TPSA) is 117 Å². The van der Waals surface area contributed by atoms with Gasteiger partial charge in [0.2, 0.25) is 0 Å². The lowest BCUT2D eigenvalue weighted by Gasteiger charge is -2.23. The van der Waals surface area contributed by atoms with Gasteiger partial charge in [0.25, 0.3) is 0 Å². The molecule has 0 bridgehead atoms.